The molecule has 0 aliphatic carbocycles. The van der Waals surface area contributed by atoms with Gasteiger partial charge in [0.2, 0.25) is 5.75 Å². The van der Waals surface area contributed by atoms with Gasteiger partial charge in [-0.1, -0.05) is 37.3 Å². The first-order valence-electron chi connectivity index (χ1n) is 8.75. The Morgan fingerprint density at radius 1 is 0.923 bits per heavy atom. The number of hydrogen-bond donors (Lipinski definition) is 1. The van der Waals surface area contributed by atoms with Crippen molar-refractivity contribution in [1.29, 1.82) is 0 Å². The lowest BCUT2D eigenvalue weighted by Gasteiger charge is -2.33. The number of benzene rings is 2. The summed E-state index contributed by atoms with van der Waals surface area (Å²) >= 11 is 0. The molecule has 0 aliphatic heterocycles. The van der Waals surface area contributed by atoms with E-state index < -0.39 is 0 Å². The van der Waals surface area contributed by atoms with Crippen molar-refractivity contribution >= 4 is 0 Å². The van der Waals surface area contributed by atoms with E-state index in [2.05, 4.69) is 36.5 Å². The lowest BCUT2D eigenvalue weighted by atomic mass is 9.88. The second kappa shape index (κ2) is 9.46. The van der Waals surface area contributed by atoms with Crippen LogP contribution in [0.15, 0.2) is 42.5 Å². The molecule has 2 rings (SSSR count). The normalized spacial score (nSPS) is 13.1. The molecule has 1 unspecified atom stereocenters. The van der Waals surface area contributed by atoms with E-state index >= 15 is 0 Å². The smallest absolute Gasteiger partial charge is 0.203 e. The van der Waals surface area contributed by atoms with E-state index in [1.807, 2.05) is 25.2 Å². The first kappa shape index (κ1) is 20.1. The number of ether oxygens (including phenoxy) is 4. The van der Waals surface area contributed by atoms with Gasteiger partial charge in [0.15, 0.2) is 11.5 Å². The largest absolute Gasteiger partial charge is 0.493 e. The highest BCUT2D eigenvalue weighted by molar-refractivity contribution is 5.53. The van der Waals surface area contributed by atoms with E-state index in [0.717, 1.165) is 12.0 Å². The molecule has 0 saturated heterocycles. The van der Waals surface area contributed by atoms with Crippen molar-refractivity contribution in [2.75, 3.05) is 35.0 Å². The highest BCUT2D eigenvalue weighted by atomic mass is 16.5. The summed E-state index contributed by atoms with van der Waals surface area (Å²) in [5.41, 5.74) is 1.96. The Kier molecular flexibility index (Phi) is 7.30. The molecule has 0 amide bonds. The average molecular weight is 359 g/mol. The van der Waals surface area contributed by atoms with Gasteiger partial charge in [0.25, 0.3) is 0 Å². The van der Waals surface area contributed by atoms with Crippen molar-refractivity contribution in [3.05, 3.63) is 53.6 Å². The Hall–Kier alpha value is -2.24. The maximum absolute atomic E-state index is 6.08. The van der Waals surface area contributed by atoms with Gasteiger partial charge in [-0.3, -0.25) is 0 Å². The molecular formula is C21H29NO4. The van der Waals surface area contributed by atoms with Crippen LogP contribution in [0.3, 0.4) is 0 Å². The molecule has 0 heterocycles. The lowest BCUT2D eigenvalue weighted by Crippen LogP contribution is -2.43. The Bertz CT molecular complexity index is 659. The fourth-order valence-corrected chi connectivity index (χ4v) is 3.10. The summed E-state index contributed by atoms with van der Waals surface area (Å²) in [5.74, 6) is 1.84. The Labute approximate surface area is 156 Å². The Morgan fingerprint density at radius 3 is 2.00 bits per heavy atom. The van der Waals surface area contributed by atoms with Crippen molar-refractivity contribution in [3.8, 4) is 17.2 Å². The van der Waals surface area contributed by atoms with Gasteiger partial charge in [0, 0.05) is 0 Å². The van der Waals surface area contributed by atoms with Crippen molar-refractivity contribution in [1.82, 2.24) is 5.32 Å². The third kappa shape index (κ3) is 4.29. The fourth-order valence-electron chi connectivity index (χ4n) is 3.10. The zero-order chi connectivity index (χ0) is 19.0. The maximum Gasteiger partial charge on any atom is 0.203 e. The van der Waals surface area contributed by atoms with E-state index in [-0.39, 0.29) is 5.54 Å². The van der Waals surface area contributed by atoms with Crippen LogP contribution in [0, 0.1) is 0 Å². The van der Waals surface area contributed by atoms with Crippen LogP contribution in [0.5, 0.6) is 17.2 Å². The van der Waals surface area contributed by atoms with Crippen LogP contribution in [-0.2, 0) is 16.9 Å². The van der Waals surface area contributed by atoms with E-state index in [1.54, 1.807) is 21.3 Å². The van der Waals surface area contributed by atoms with Gasteiger partial charge in [0.1, 0.15) is 0 Å². The van der Waals surface area contributed by atoms with Gasteiger partial charge < -0.3 is 24.3 Å². The topological polar surface area (TPSA) is 49.0 Å². The number of likely N-dealkylation sites (N-methyl/N-ethyl adjacent to an activating group) is 1. The zero-order valence-corrected chi connectivity index (χ0v) is 16.3. The molecule has 1 N–H and O–H groups in total. The van der Waals surface area contributed by atoms with Gasteiger partial charge in [0.05, 0.1) is 40.1 Å². The van der Waals surface area contributed by atoms with Gasteiger partial charge in [-0.2, -0.15) is 0 Å². The molecular weight excluding hydrogens is 330 g/mol. The van der Waals surface area contributed by atoms with Gasteiger partial charge >= 0.3 is 0 Å². The van der Waals surface area contributed by atoms with Gasteiger partial charge in [-0.05, 0) is 36.7 Å². The summed E-state index contributed by atoms with van der Waals surface area (Å²) in [7, 11) is 6.79. The summed E-state index contributed by atoms with van der Waals surface area (Å²) < 4.78 is 22.3. The molecule has 2 aromatic carbocycles. The van der Waals surface area contributed by atoms with E-state index in [9.17, 15) is 0 Å². The van der Waals surface area contributed by atoms with Gasteiger partial charge in [-0.25, -0.2) is 0 Å². The van der Waals surface area contributed by atoms with Crippen LogP contribution < -0.4 is 19.5 Å². The van der Waals surface area contributed by atoms with E-state index in [4.69, 9.17) is 18.9 Å². The van der Waals surface area contributed by atoms with Crippen LogP contribution in [0.4, 0.5) is 0 Å². The molecule has 26 heavy (non-hydrogen) atoms. The van der Waals surface area contributed by atoms with E-state index in [0.29, 0.717) is 30.5 Å². The van der Waals surface area contributed by atoms with Crippen LogP contribution in [-0.4, -0.2) is 35.0 Å². The number of nitrogens with one attached hydrogen (secondary N) is 1. The second-order valence-corrected chi connectivity index (χ2v) is 6.08. The molecule has 1 atom stereocenters. The molecule has 0 fully saturated rings. The van der Waals surface area contributed by atoms with Gasteiger partial charge in [-0.15, -0.1) is 0 Å². The summed E-state index contributed by atoms with van der Waals surface area (Å²) in [6.45, 7) is 3.17. The van der Waals surface area contributed by atoms with Crippen molar-refractivity contribution < 1.29 is 18.9 Å². The Morgan fingerprint density at radius 2 is 1.54 bits per heavy atom. The molecule has 0 spiro atoms. The molecule has 0 radical (unpaired) electrons. The second-order valence-electron chi connectivity index (χ2n) is 6.08. The molecule has 0 aliphatic rings. The van der Waals surface area contributed by atoms with Crippen LogP contribution >= 0.6 is 0 Å². The highest BCUT2D eigenvalue weighted by Gasteiger charge is 2.28. The number of rotatable bonds is 10. The molecule has 0 aromatic heterocycles. The summed E-state index contributed by atoms with van der Waals surface area (Å²) in [5, 5.41) is 3.44. The quantitative estimate of drug-likeness (QED) is 0.700. The van der Waals surface area contributed by atoms with Crippen molar-refractivity contribution in [2.45, 2.75) is 25.5 Å². The molecule has 0 bridgehead atoms. The Balaban J connectivity index is 2.15. The van der Waals surface area contributed by atoms with Crippen LogP contribution in [0.25, 0.3) is 0 Å². The predicted molar refractivity (Wildman–Crippen MR) is 103 cm³/mol. The maximum atomic E-state index is 6.08. The SMILES string of the molecule is CCC(COCc1cc(OC)c(OC)c(OC)c1)(NC)c1ccccc1. The lowest BCUT2D eigenvalue weighted by molar-refractivity contribution is 0.0566. The first-order chi connectivity index (χ1) is 12.6. The van der Waals surface area contributed by atoms with Crippen LogP contribution in [0.2, 0.25) is 0 Å². The molecule has 142 valence electrons. The molecule has 5 heteroatoms. The zero-order valence-electron chi connectivity index (χ0n) is 16.3. The summed E-state index contributed by atoms with van der Waals surface area (Å²) in [6.07, 6.45) is 0.919. The standard InChI is InChI=1S/C21H29NO4/c1-6-21(22-2,17-10-8-7-9-11-17)15-26-14-16-12-18(23-3)20(25-5)19(13-16)24-4/h7-13,22H,6,14-15H2,1-5H3. The third-order valence-corrected chi connectivity index (χ3v) is 4.75. The fraction of sp³-hybridized carbons (Fsp3) is 0.429. The number of methoxy groups -OCH3 is 3. The number of hydrogen-bond acceptors (Lipinski definition) is 5. The monoisotopic (exact) mass is 359 g/mol. The van der Waals surface area contributed by atoms with Crippen molar-refractivity contribution in [3.63, 3.8) is 0 Å². The molecule has 0 saturated carbocycles. The first-order valence-corrected chi connectivity index (χ1v) is 8.75. The third-order valence-electron chi connectivity index (χ3n) is 4.75. The van der Waals surface area contributed by atoms with Crippen molar-refractivity contribution in [2.24, 2.45) is 0 Å². The van der Waals surface area contributed by atoms with Crippen LogP contribution in [0.1, 0.15) is 24.5 Å². The summed E-state index contributed by atoms with van der Waals surface area (Å²) in [6, 6.07) is 14.2. The minimum Gasteiger partial charge on any atom is -0.493 e. The average Bonchev–Trinajstić information content (AvgIpc) is 2.71. The molecule has 5 nitrogen and oxygen atoms in total. The highest BCUT2D eigenvalue weighted by Crippen LogP contribution is 2.38. The minimum atomic E-state index is -0.220. The minimum absolute atomic E-state index is 0.220. The molecule has 2 aromatic rings. The predicted octanol–water partition coefficient (Wildman–Crippen LogP) is 3.75. The van der Waals surface area contributed by atoms with E-state index in [1.165, 1.54) is 5.56 Å². The summed E-state index contributed by atoms with van der Waals surface area (Å²) in [4.78, 5) is 0.